The Morgan fingerprint density at radius 1 is 1.33 bits per heavy atom. The van der Waals surface area contributed by atoms with Crippen LogP contribution in [0.3, 0.4) is 0 Å². The van der Waals surface area contributed by atoms with E-state index in [4.69, 9.17) is 16.9 Å². The zero-order valence-corrected chi connectivity index (χ0v) is 13.0. The summed E-state index contributed by atoms with van der Waals surface area (Å²) < 4.78 is 14.8. The zero-order chi connectivity index (χ0) is 17.1. The van der Waals surface area contributed by atoms with E-state index in [9.17, 15) is 9.18 Å². The number of carbonyl (C=O) groups excluding carboxylic acids is 1. The summed E-state index contributed by atoms with van der Waals surface area (Å²) in [5.41, 5.74) is 1.64. The molecule has 3 aromatic rings. The van der Waals surface area contributed by atoms with Gasteiger partial charge in [0.1, 0.15) is 17.5 Å². The van der Waals surface area contributed by atoms with Crippen LogP contribution in [0.5, 0.6) is 0 Å². The van der Waals surface area contributed by atoms with E-state index in [1.54, 1.807) is 28.9 Å². The molecule has 0 aliphatic carbocycles. The first-order chi connectivity index (χ1) is 11.5. The number of nitrogens with zero attached hydrogens (tertiary/aromatic N) is 3. The number of benzene rings is 1. The predicted molar refractivity (Wildman–Crippen MR) is 87.2 cm³/mol. The minimum atomic E-state index is -0.541. The number of nitrogens with one attached hydrogen (secondary N) is 2. The Balaban J connectivity index is 1.66. The average molecular weight is 344 g/mol. The molecule has 120 valence electrons. The summed E-state index contributed by atoms with van der Waals surface area (Å²) in [5.74, 6) is -0.541. The van der Waals surface area contributed by atoms with Crippen molar-refractivity contribution in [2.24, 2.45) is 0 Å². The number of hydrogen-bond donors (Lipinski definition) is 2. The van der Waals surface area contributed by atoms with Crippen LogP contribution >= 0.6 is 11.6 Å². The minimum Gasteiger partial charge on any atom is -0.332 e. The number of anilines is 1. The molecule has 0 radical (unpaired) electrons. The van der Waals surface area contributed by atoms with Crippen LogP contribution in [0.15, 0.2) is 42.7 Å². The molecule has 0 spiro atoms. The average Bonchev–Trinajstić information content (AvgIpc) is 2.96. The molecule has 0 saturated carbocycles. The number of aromatic nitrogens is 2. The van der Waals surface area contributed by atoms with Crippen LogP contribution in [-0.4, -0.2) is 15.4 Å². The van der Waals surface area contributed by atoms with Crippen molar-refractivity contribution in [2.45, 2.75) is 6.54 Å². The quantitative estimate of drug-likeness (QED) is 0.765. The molecule has 2 heterocycles. The number of pyridine rings is 1. The molecule has 2 N–H and O–H groups in total. The molecular weight excluding hydrogens is 333 g/mol. The van der Waals surface area contributed by atoms with E-state index in [-0.39, 0.29) is 17.8 Å². The molecule has 1 aromatic carbocycles. The first-order valence-corrected chi connectivity index (χ1v) is 7.30. The van der Waals surface area contributed by atoms with Gasteiger partial charge in [0.15, 0.2) is 0 Å². The number of halogens is 2. The Morgan fingerprint density at radius 2 is 2.17 bits per heavy atom. The van der Waals surface area contributed by atoms with Gasteiger partial charge >= 0.3 is 6.03 Å². The number of urea groups is 1. The fraction of sp³-hybridized carbons (Fsp3) is 0.0625. The highest BCUT2D eigenvalue weighted by atomic mass is 35.5. The lowest BCUT2D eigenvalue weighted by molar-refractivity contribution is 0.251. The topological polar surface area (TPSA) is 82.2 Å². The predicted octanol–water partition coefficient (Wildman–Crippen LogP) is 3.32. The molecule has 0 bridgehead atoms. The second kappa shape index (κ2) is 6.56. The third kappa shape index (κ3) is 3.45. The van der Waals surface area contributed by atoms with Gasteiger partial charge in [-0.3, -0.25) is 0 Å². The highest BCUT2D eigenvalue weighted by molar-refractivity contribution is 6.30. The molecule has 0 atom stereocenters. The molecule has 6 nitrogen and oxygen atoms in total. The molecule has 2 aromatic heterocycles. The number of nitriles is 1. The van der Waals surface area contributed by atoms with Crippen molar-refractivity contribution in [1.29, 1.82) is 5.26 Å². The lowest BCUT2D eigenvalue weighted by Crippen LogP contribution is -2.28. The molecular formula is C16H11ClFN5O. The van der Waals surface area contributed by atoms with Gasteiger partial charge in [0.25, 0.3) is 0 Å². The van der Waals surface area contributed by atoms with E-state index >= 15 is 0 Å². The van der Waals surface area contributed by atoms with Crippen LogP contribution in [0.25, 0.3) is 5.65 Å². The third-order valence-electron chi connectivity index (χ3n) is 3.25. The van der Waals surface area contributed by atoms with Crippen molar-refractivity contribution in [3.8, 4) is 6.07 Å². The van der Waals surface area contributed by atoms with Gasteiger partial charge in [-0.2, -0.15) is 5.26 Å². The van der Waals surface area contributed by atoms with Crippen LogP contribution in [0.4, 0.5) is 14.9 Å². The number of fused-ring (bicyclic) bond motifs is 1. The van der Waals surface area contributed by atoms with Gasteiger partial charge in [0, 0.05) is 12.4 Å². The maximum atomic E-state index is 13.1. The Labute approximate surface area is 141 Å². The largest absolute Gasteiger partial charge is 0.332 e. The molecule has 0 unspecified atom stereocenters. The van der Waals surface area contributed by atoms with Crippen molar-refractivity contribution in [2.75, 3.05) is 5.32 Å². The first-order valence-electron chi connectivity index (χ1n) is 6.93. The summed E-state index contributed by atoms with van der Waals surface area (Å²) in [6.45, 7) is 0.189. The molecule has 24 heavy (non-hydrogen) atoms. The summed E-state index contributed by atoms with van der Waals surface area (Å²) in [5, 5.41) is 14.7. The smallest absolute Gasteiger partial charge is 0.319 e. The maximum absolute atomic E-state index is 13.1. The van der Waals surface area contributed by atoms with Gasteiger partial charge in [0.2, 0.25) is 0 Å². The highest BCUT2D eigenvalue weighted by Crippen LogP contribution is 2.16. The van der Waals surface area contributed by atoms with Crippen molar-refractivity contribution in [3.05, 3.63) is 64.8 Å². The lowest BCUT2D eigenvalue weighted by Gasteiger charge is -2.07. The van der Waals surface area contributed by atoms with Crippen LogP contribution in [0, 0.1) is 17.1 Å². The van der Waals surface area contributed by atoms with E-state index in [1.807, 2.05) is 6.07 Å². The van der Waals surface area contributed by atoms with Crippen molar-refractivity contribution >= 4 is 29.0 Å². The second-order valence-electron chi connectivity index (χ2n) is 4.95. The van der Waals surface area contributed by atoms with Crippen molar-refractivity contribution in [1.82, 2.24) is 14.7 Å². The fourth-order valence-electron chi connectivity index (χ4n) is 2.16. The van der Waals surface area contributed by atoms with Crippen molar-refractivity contribution < 1.29 is 9.18 Å². The van der Waals surface area contributed by atoms with Crippen LogP contribution in [0.2, 0.25) is 5.02 Å². The van der Waals surface area contributed by atoms with Gasteiger partial charge in [-0.1, -0.05) is 11.6 Å². The Hall–Kier alpha value is -3.11. The summed E-state index contributed by atoms with van der Waals surface area (Å²) in [7, 11) is 0. The zero-order valence-electron chi connectivity index (χ0n) is 12.3. The molecule has 0 fully saturated rings. The van der Waals surface area contributed by atoms with Crippen LogP contribution in [-0.2, 0) is 6.54 Å². The van der Waals surface area contributed by atoms with E-state index in [2.05, 4.69) is 15.6 Å². The number of hydrogen-bond acceptors (Lipinski definition) is 3. The minimum absolute atomic E-state index is 0.0486. The van der Waals surface area contributed by atoms with Crippen LogP contribution < -0.4 is 10.6 Å². The number of rotatable bonds is 3. The van der Waals surface area contributed by atoms with Crippen LogP contribution in [0.1, 0.15) is 11.3 Å². The monoisotopic (exact) mass is 343 g/mol. The Bertz CT molecular complexity index is 963. The van der Waals surface area contributed by atoms with E-state index < -0.39 is 11.8 Å². The Morgan fingerprint density at radius 3 is 2.96 bits per heavy atom. The van der Waals surface area contributed by atoms with E-state index in [0.29, 0.717) is 16.4 Å². The Kier molecular flexibility index (Phi) is 4.31. The van der Waals surface area contributed by atoms with Crippen molar-refractivity contribution in [3.63, 3.8) is 0 Å². The second-order valence-corrected chi connectivity index (χ2v) is 5.39. The SMILES string of the molecule is N#Cc1cc(F)ccc1NC(=O)NCc1cn2cc(Cl)ccc2n1. The lowest BCUT2D eigenvalue weighted by atomic mass is 10.2. The standard InChI is InChI=1S/C16H11ClFN5O/c17-11-1-4-15-21-13(9-23(15)8-11)7-20-16(24)22-14-3-2-12(18)5-10(14)6-19/h1-5,8-9H,7H2,(H2,20,22,24). The molecule has 0 saturated heterocycles. The van der Waals surface area contributed by atoms with Gasteiger partial charge in [0.05, 0.1) is 28.5 Å². The molecule has 8 heteroatoms. The normalized spacial score (nSPS) is 10.4. The number of imidazole rings is 1. The first kappa shape index (κ1) is 15.8. The molecule has 2 amide bonds. The van der Waals surface area contributed by atoms with Gasteiger partial charge < -0.3 is 15.0 Å². The maximum Gasteiger partial charge on any atom is 0.319 e. The highest BCUT2D eigenvalue weighted by Gasteiger charge is 2.09. The summed E-state index contributed by atoms with van der Waals surface area (Å²) in [6, 6.07) is 8.36. The summed E-state index contributed by atoms with van der Waals surface area (Å²) in [6.07, 6.45) is 3.46. The van der Waals surface area contributed by atoms with Gasteiger partial charge in [-0.25, -0.2) is 14.2 Å². The molecule has 0 aliphatic rings. The van der Waals surface area contributed by atoms with E-state index in [1.165, 1.54) is 12.1 Å². The summed E-state index contributed by atoms with van der Waals surface area (Å²) in [4.78, 5) is 16.3. The molecule has 0 aliphatic heterocycles. The van der Waals surface area contributed by atoms with Gasteiger partial charge in [-0.05, 0) is 30.3 Å². The van der Waals surface area contributed by atoms with E-state index in [0.717, 1.165) is 6.07 Å². The third-order valence-corrected chi connectivity index (χ3v) is 3.47. The molecule has 3 rings (SSSR count). The summed E-state index contributed by atoms with van der Waals surface area (Å²) >= 11 is 5.90. The fourth-order valence-corrected chi connectivity index (χ4v) is 2.33. The van der Waals surface area contributed by atoms with Gasteiger partial charge in [-0.15, -0.1) is 0 Å². The number of amides is 2. The number of carbonyl (C=O) groups is 1.